The molecule has 0 nitrogen and oxygen atoms in total. The second-order valence-electron chi connectivity index (χ2n) is 6.16. The summed E-state index contributed by atoms with van der Waals surface area (Å²) >= 11 is 4.79. The van der Waals surface area contributed by atoms with Crippen molar-refractivity contribution >= 4 is 34.7 Å². The molecular formula is C19H24ClGe. The number of hydrogen-bond donors (Lipinski definition) is 0. The number of benzene rings is 2. The second-order valence-corrected chi connectivity index (χ2v) is 12.2. The third kappa shape index (κ3) is 3.38. The Kier molecular flexibility index (Phi) is 5.21. The Morgan fingerprint density at radius 3 is 1.19 bits per heavy atom. The van der Waals surface area contributed by atoms with Crippen LogP contribution in [0.2, 0.25) is 0 Å². The third-order valence-corrected chi connectivity index (χ3v) is 11.9. The SMILES string of the molecule is Cc1cc(C)[c]([Ge]([CH2]Cl)[c]2c(C)cc(C)cc2C)c(C)c1. The molecule has 0 fully saturated rings. The molecule has 0 N–H and O–H groups in total. The predicted octanol–water partition coefficient (Wildman–Crippen LogP) is 3.92. The Hall–Kier alpha value is -0.727. The van der Waals surface area contributed by atoms with Crippen LogP contribution >= 0.6 is 11.6 Å². The van der Waals surface area contributed by atoms with Gasteiger partial charge in [-0.3, -0.25) is 0 Å². The monoisotopic (exact) mass is 361 g/mol. The molecule has 0 saturated carbocycles. The summed E-state index contributed by atoms with van der Waals surface area (Å²) in [5, 5.41) is 0. The normalized spacial score (nSPS) is 11.2. The first-order valence-electron chi connectivity index (χ1n) is 7.43. The van der Waals surface area contributed by atoms with Gasteiger partial charge in [-0.1, -0.05) is 0 Å². The summed E-state index contributed by atoms with van der Waals surface area (Å²) in [6.45, 7) is 13.3. The number of halogens is 1. The van der Waals surface area contributed by atoms with Gasteiger partial charge in [-0.05, 0) is 0 Å². The van der Waals surface area contributed by atoms with Crippen LogP contribution in [-0.2, 0) is 0 Å². The van der Waals surface area contributed by atoms with E-state index in [0.29, 0.717) is 0 Å². The second kappa shape index (κ2) is 6.58. The molecule has 0 amide bonds. The molecule has 0 saturated heterocycles. The van der Waals surface area contributed by atoms with Crippen molar-refractivity contribution in [3.05, 3.63) is 57.6 Å². The fourth-order valence-corrected chi connectivity index (χ4v) is 10.6. The molecule has 2 aromatic carbocycles. The molecule has 1 radical (unpaired) electrons. The summed E-state index contributed by atoms with van der Waals surface area (Å²) in [5.74, 6) is 0. The predicted molar refractivity (Wildman–Crippen MR) is 97.0 cm³/mol. The van der Waals surface area contributed by atoms with Crippen LogP contribution in [0.1, 0.15) is 33.4 Å². The first-order valence-corrected chi connectivity index (χ1v) is 11.5. The van der Waals surface area contributed by atoms with Gasteiger partial charge in [0.1, 0.15) is 0 Å². The van der Waals surface area contributed by atoms with E-state index in [9.17, 15) is 0 Å². The van der Waals surface area contributed by atoms with Crippen LogP contribution in [0.25, 0.3) is 0 Å². The molecule has 0 aliphatic carbocycles. The van der Waals surface area contributed by atoms with Gasteiger partial charge < -0.3 is 0 Å². The maximum atomic E-state index is 6.48. The Morgan fingerprint density at radius 1 is 0.667 bits per heavy atom. The van der Waals surface area contributed by atoms with Crippen molar-refractivity contribution < 1.29 is 0 Å². The van der Waals surface area contributed by atoms with Gasteiger partial charge in [0.25, 0.3) is 0 Å². The van der Waals surface area contributed by atoms with E-state index in [1.807, 2.05) is 0 Å². The Bertz CT molecular complexity index is 570. The van der Waals surface area contributed by atoms with Gasteiger partial charge in [-0.25, -0.2) is 0 Å². The molecule has 0 spiro atoms. The molecule has 0 aliphatic heterocycles. The van der Waals surface area contributed by atoms with E-state index in [4.69, 9.17) is 11.6 Å². The Morgan fingerprint density at radius 2 is 0.952 bits per heavy atom. The van der Waals surface area contributed by atoms with Crippen LogP contribution < -0.4 is 8.79 Å². The average molecular weight is 360 g/mol. The van der Waals surface area contributed by atoms with Gasteiger partial charge in [0.2, 0.25) is 0 Å². The number of alkyl halides is 1. The van der Waals surface area contributed by atoms with Gasteiger partial charge in [-0.15, -0.1) is 0 Å². The quantitative estimate of drug-likeness (QED) is 0.575. The topological polar surface area (TPSA) is 0 Å². The molecule has 0 bridgehead atoms. The standard InChI is InChI=1S/C19H24ClGe/c1-12-7-14(3)18(15(4)8-12)21(11-20)19-16(5)9-13(2)10-17(19)6/h7-10H,11H2,1-6H3. The minimum absolute atomic E-state index is 0.787. The summed E-state index contributed by atoms with van der Waals surface area (Å²) in [7, 11) is 0. The first-order chi connectivity index (χ1) is 9.85. The van der Waals surface area contributed by atoms with Crippen LogP contribution in [0, 0.1) is 41.5 Å². The zero-order valence-electron chi connectivity index (χ0n) is 13.9. The number of rotatable bonds is 3. The maximum absolute atomic E-state index is 6.48. The molecule has 0 aliphatic rings. The average Bonchev–Trinajstić information content (AvgIpc) is 2.34. The van der Waals surface area contributed by atoms with Gasteiger partial charge in [0.15, 0.2) is 0 Å². The summed E-state index contributed by atoms with van der Waals surface area (Å²) in [4.78, 5) is 0. The molecule has 0 aromatic heterocycles. The zero-order chi connectivity index (χ0) is 15.7. The van der Waals surface area contributed by atoms with Crippen LogP contribution in [0.15, 0.2) is 24.3 Å². The van der Waals surface area contributed by atoms with Gasteiger partial charge >= 0.3 is 139 Å². The Labute approximate surface area is 138 Å². The van der Waals surface area contributed by atoms with Crippen molar-refractivity contribution in [1.29, 1.82) is 0 Å². The molecule has 0 heterocycles. The van der Waals surface area contributed by atoms with Crippen molar-refractivity contribution in [3.63, 3.8) is 0 Å². The van der Waals surface area contributed by atoms with Gasteiger partial charge in [0.05, 0.1) is 0 Å². The molecule has 111 valence electrons. The van der Waals surface area contributed by atoms with E-state index >= 15 is 0 Å². The third-order valence-electron chi connectivity index (χ3n) is 4.09. The molecule has 2 aromatic rings. The summed E-state index contributed by atoms with van der Waals surface area (Å²) in [5.41, 5.74) is 8.37. The van der Waals surface area contributed by atoms with Crippen molar-refractivity contribution in [3.8, 4) is 0 Å². The molecule has 21 heavy (non-hydrogen) atoms. The van der Waals surface area contributed by atoms with E-state index in [0.717, 1.165) is 4.71 Å². The van der Waals surface area contributed by atoms with Crippen molar-refractivity contribution in [1.82, 2.24) is 0 Å². The molecular weight excluding hydrogens is 336 g/mol. The molecule has 0 atom stereocenters. The summed E-state index contributed by atoms with van der Waals surface area (Å²) in [6.07, 6.45) is 0. The van der Waals surface area contributed by atoms with Crippen LogP contribution in [0.3, 0.4) is 0 Å². The molecule has 2 heteroatoms. The minimum atomic E-state index is -1.69. The summed E-state index contributed by atoms with van der Waals surface area (Å²) < 4.78 is 3.91. The van der Waals surface area contributed by atoms with Gasteiger partial charge in [-0.2, -0.15) is 0 Å². The zero-order valence-corrected chi connectivity index (χ0v) is 16.7. The van der Waals surface area contributed by atoms with Crippen molar-refractivity contribution in [2.24, 2.45) is 0 Å². The van der Waals surface area contributed by atoms with Gasteiger partial charge in [0, 0.05) is 0 Å². The number of aryl methyl sites for hydroxylation is 6. The van der Waals surface area contributed by atoms with E-state index in [1.165, 1.54) is 33.4 Å². The first kappa shape index (κ1) is 16.6. The van der Waals surface area contributed by atoms with Crippen LogP contribution in [-0.4, -0.2) is 19.1 Å². The van der Waals surface area contributed by atoms with Crippen molar-refractivity contribution in [2.75, 3.05) is 4.71 Å². The fourth-order valence-electron chi connectivity index (χ4n) is 3.57. The van der Waals surface area contributed by atoms with Crippen molar-refractivity contribution in [2.45, 2.75) is 41.5 Å². The van der Waals surface area contributed by atoms with Crippen LogP contribution in [0.4, 0.5) is 0 Å². The van der Waals surface area contributed by atoms with E-state index < -0.39 is 14.3 Å². The van der Waals surface area contributed by atoms with E-state index in [1.54, 1.807) is 8.79 Å². The van der Waals surface area contributed by atoms with Crippen LogP contribution in [0.5, 0.6) is 0 Å². The number of hydrogen-bond acceptors (Lipinski definition) is 0. The summed E-state index contributed by atoms with van der Waals surface area (Å²) in [6, 6.07) is 9.23. The van der Waals surface area contributed by atoms with E-state index in [2.05, 4.69) is 65.8 Å². The molecule has 2 rings (SSSR count). The van der Waals surface area contributed by atoms with E-state index in [-0.39, 0.29) is 0 Å². The molecule has 0 unspecified atom stereocenters. The fraction of sp³-hybridized carbons (Fsp3) is 0.368. The Balaban J connectivity index is 2.66.